The molecule has 27 heavy (non-hydrogen) atoms. The molecule has 0 unspecified atom stereocenters. The zero-order chi connectivity index (χ0) is 19.6. The van der Waals surface area contributed by atoms with Gasteiger partial charge in [-0.05, 0) is 49.0 Å². The zero-order valence-corrected chi connectivity index (χ0v) is 15.8. The van der Waals surface area contributed by atoms with Gasteiger partial charge in [0.15, 0.2) is 5.11 Å². The van der Waals surface area contributed by atoms with Crippen LogP contribution >= 0.6 is 12.2 Å². The molecule has 7 nitrogen and oxygen atoms in total. The Bertz CT molecular complexity index is 809. The van der Waals surface area contributed by atoms with Crippen LogP contribution in [0.25, 0.3) is 0 Å². The van der Waals surface area contributed by atoms with Gasteiger partial charge in [0.1, 0.15) is 11.4 Å². The minimum atomic E-state index is -0.522. The number of ether oxygens (including phenoxy) is 1. The summed E-state index contributed by atoms with van der Waals surface area (Å²) >= 11 is 5.08. The summed E-state index contributed by atoms with van der Waals surface area (Å²) in [4.78, 5) is 22.8. The number of anilines is 1. The Kier molecular flexibility index (Phi) is 7.69. The minimum absolute atomic E-state index is 0.0193. The summed E-state index contributed by atoms with van der Waals surface area (Å²) in [5.74, 6) is 0.284. The molecule has 0 aliphatic rings. The zero-order valence-electron chi connectivity index (χ0n) is 14.9. The van der Waals surface area contributed by atoms with Gasteiger partial charge in [-0.1, -0.05) is 31.9 Å². The van der Waals surface area contributed by atoms with E-state index in [1.807, 2.05) is 0 Å². The second kappa shape index (κ2) is 10.2. The highest BCUT2D eigenvalue weighted by molar-refractivity contribution is 7.80. The maximum Gasteiger partial charge on any atom is 0.292 e. The first-order valence-electron chi connectivity index (χ1n) is 8.60. The van der Waals surface area contributed by atoms with E-state index in [2.05, 4.69) is 17.6 Å². The Balaban J connectivity index is 1.91. The lowest BCUT2D eigenvalue weighted by Crippen LogP contribution is -2.34. The molecule has 0 atom stereocenters. The van der Waals surface area contributed by atoms with Crippen LogP contribution in [0, 0.1) is 10.1 Å². The third-order valence-electron chi connectivity index (χ3n) is 3.71. The largest absolute Gasteiger partial charge is 0.494 e. The van der Waals surface area contributed by atoms with Crippen molar-refractivity contribution in [1.29, 1.82) is 0 Å². The summed E-state index contributed by atoms with van der Waals surface area (Å²) in [5, 5.41) is 16.2. The predicted octanol–water partition coefficient (Wildman–Crippen LogP) is 4.29. The molecule has 2 aromatic rings. The number of carbonyl (C=O) groups excluding carboxylic acids is 1. The first-order chi connectivity index (χ1) is 13.0. The van der Waals surface area contributed by atoms with Crippen molar-refractivity contribution >= 4 is 34.6 Å². The highest BCUT2D eigenvalue weighted by Crippen LogP contribution is 2.23. The number of nitrogens with zero attached hydrogens (tertiary/aromatic N) is 1. The molecule has 2 rings (SSSR count). The average molecular weight is 387 g/mol. The Morgan fingerprint density at radius 1 is 1.15 bits per heavy atom. The van der Waals surface area contributed by atoms with Gasteiger partial charge in [0, 0.05) is 11.6 Å². The van der Waals surface area contributed by atoms with Gasteiger partial charge >= 0.3 is 0 Å². The Morgan fingerprint density at radius 2 is 1.85 bits per heavy atom. The van der Waals surface area contributed by atoms with Gasteiger partial charge in [-0.25, -0.2) is 0 Å². The van der Waals surface area contributed by atoms with E-state index in [0.717, 1.165) is 19.3 Å². The molecule has 2 aromatic carbocycles. The van der Waals surface area contributed by atoms with Crippen molar-refractivity contribution in [2.45, 2.75) is 26.2 Å². The number of hydrogen-bond donors (Lipinski definition) is 2. The van der Waals surface area contributed by atoms with Crippen LogP contribution in [0.1, 0.15) is 36.5 Å². The number of nitro groups is 1. The summed E-state index contributed by atoms with van der Waals surface area (Å²) in [6.07, 6.45) is 3.23. The molecule has 8 heteroatoms. The maximum absolute atomic E-state index is 12.3. The highest BCUT2D eigenvalue weighted by Gasteiger charge is 2.15. The second-order valence-electron chi connectivity index (χ2n) is 5.76. The Morgan fingerprint density at radius 3 is 2.52 bits per heavy atom. The fourth-order valence-electron chi connectivity index (χ4n) is 2.31. The van der Waals surface area contributed by atoms with Crippen LogP contribution in [-0.2, 0) is 0 Å². The van der Waals surface area contributed by atoms with Crippen LogP contribution in [0.2, 0.25) is 0 Å². The average Bonchev–Trinajstić information content (AvgIpc) is 2.66. The van der Waals surface area contributed by atoms with Gasteiger partial charge in [-0.2, -0.15) is 0 Å². The van der Waals surface area contributed by atoms with Crippen molar-refractivity contribution < 1.29 is 14.5 Å². The number of carbonyl (C=O) groups is 1. The molecule has 1 amide bonds. The SMILES string of the molecule is CCCCCOc1ccc(C(=O)NC(=S)Nc2ccccc2[N+](=O)[O-])cc1. The smallest absolute Gasteiger partial charge is 0.292 e. The lowest BCUT2D eigenvalue weighted by atomic mass is 10.2. The monoisotopic (exact) mass is 387 g/mol. The Hall–Kier alpha value is -3.00. The van der Waals surface area contributed by atoms with Crippen LogP contribution in [0.4, 0.5) is 11.4 Å². The fourth-order valence-corrected chi connectivity index (χ4v) is 2.51. The molecule has 0 fully saturated rings. The number of unbranched alkanes of at least 4 members (excludes halogenated alkanes) is 2. The minimum Gasteiger partial charge on any atom is -0.494 e. The lowest BCUT2D eigenvalue weighted by molar-refractivity contribution is -0.383. The van der Waals surface area contributed by atoms with E-state index in [-0.39, 0.29) is 16.5 Å². The van der Waals surface area contributed by atoms with E-state index in [1.165, 1.54) is 12.1 Å². The quantitative estimate of drug-likeness (QED) is 0.304. The number of nitrogens with one attached hydrogen (secondary N) is 2. The maximum atomic E-state index is 12.3. The van der Waals surface area contributed by atoms with Crippen molar-refractivity contribution in [3.63, 3.8) is 0 Å². The van der Waals surface area contributed by atoms with E-state index in [4.69, 9.17) is 17.0 Å². The molecule has 0 aliphatic heterocycles. The molecule has 0 saturated heterocycles. The normalized spacial score (nSPS) is 10.1. The molecule has 142 valence electrons. The first kappa shape index (κ1) is 20.3. The summed E-state index contributed by atoms with van der Waals surface area (Å²) in [7, 11) is 0. The van der Waals surface area contributed by atoms with Crippen LogP contribution in [0.15, 0.2) is 48.5 Å². The molecular formula is C19H21N3O4S. The predicted molar refractivity (Wildman–Crippen MR) is 108 cm³/mol. The third-order valence-corrected chi connectivity index (χ3v) is 3.91. The summed E-state index contributed by atoms with van der Waals surface area (Å²) < 4.78 is 5.60. The number of thiocarbonyl (C=S) groups is 1. The molecule has 0 aliphatic carbocycles. The fraction of sp³-hybridized carbons (Fsp3) is 0.263. The number of hydrogen-bond acceptors (Lipinski definition) is 5. The molecule has 0 aromatic heterocycles. The molecule has 0 heterocycles. The number of rotatable bonds is 8. The van der Waals surface area contributed by atoms with E-state index in [0.29, 0.717) is 17.9 Å². The van der Waals surface area contributed by atoms with Gasteiger partial charge in [0.2, 0.25) is 0 Å². The van der Waals surface area contributed by atoms with Crippen molar-refractivity contribution in [2.24, 2.45) is 0 Å². The molecule has 0 bridgehead atoms. The van der Waals surface area contributed by atoms with Crippen molar-refractivity contribution in [3.8, 4) is 5.75 Å². The van der Waals surface area contributed by atoms with Crippen molar-refractivity contribution in [2.75, 3.05) is 11.9 Å². The van der Waals surface area contributed by atoms with Crippen molar-refractivity contribution in [1.82, 2.24) is 5.32 Å². The number of benzene rings is 2. The van der Waals surface area contributed by atoms with Crippen LogP contribution in [0.5, 0.6) is 5.75 Å². The second-order valence-corrected chi connectivity index (χ2v) is 6.17. The third kappa shape index (κ3) is 6.34. The molecule has 0 spiro atoms. The van der Waals surface area contributed by atoms with E-state index in [1.54, 1.807) is 36.4 Å². The number of amides is 1. The van der Waals surface area contributed by atoms with E-state index >= 15 is 0 Å². The van der Waals surface area contributed by atoms with Gasteiger partial charge in [-0.15, -0.1) is 0 Å². The van der Waals surface area contributed by atoms with E-state index in [9.17, 15) is 14.9 Å². The summed E-state index contributed by atoms with van der Waals surface area (Å²) in [6, 6.07) is 12.8. The van der Waals surface area contributed by atoms with Crippen LogP contribution in [0.3, 0.4) is 0 Å². The van der Waals surface area contributed by atoms with Gasteiger partial charge in [0.25, 0.3) is 11.6 Å². The van der Waals surface area contributed by atoms with Gasteiger partial charge < -0.3 is 10.1 Å². The van der Waals surface area contributed by atoms with Crippen LogP contribution < -0.4 is 15.4 Å². The summed E-state index contributed by atoms with van der Waals surface area (Å²) in [6.45, 7) is 2.77. The molecule has 0 saturated carbocycles. The number of nitro benzene ring substituents is 1. The van der Waals surface area contributed by atoms with E-state index < -0.39 is 10.8 Å². The molecule has 2 N–H and O–H groups in total. The Labute approximate surface area is 162 Å². The van der Waals surface area contributed by atoms with Gasteiger partial charge in [0.05, 0.1) is 11.5 Å². The summed E-state index contributed by atoms with van der Waals surface area (Å²) in [5.41, 5.74) is 0.491. The standard InChI is InChI=1S/C19H21N3O4S/c1-2-3-6-13-26-15-11-9-14(10-12-15)18(23)21-19(27)20-16-7-4-5-8-17(16)22(24)25/h4-5,7-12H,2-3,6,13H2,1H3,(H2,20,21,23,27). The molecular weight excluding hydrogens is 366 g/mol. The lowest BCUT2D eigenvalue weighted by Gasteiger charge is -2.10. The highest BCUT2D eigenvalue weighted by atomic mass is 32.1. The van der Waals surface area contributed by atoms with Crippen LogP contribution in [-0.4, -0.2) is 22.5 Å². The molecule has 0 radical (unpaired) electrons. The topological polar surface area (TPSA) is 93.5 Å². The number of para-hydroxylation sites is 2. The van der Waals surface area contributed by atoms with Gasteiger partial charge in [-0.3, -0.25) is 20.2 Å². The van der Waals surface area contributed by atoms with Crippen molar-refractivity contribution in [3.05, 3.63) is 64.2 Å². The first-order valence-corrected chi connectivity index (χ1v) is 9.00.